The molecule has 166 valence electrons. The van der Waals surface area contributed by atoms with Crippen molar-refractivity contribution in [3.05, 3.63) is 103 Å². The zero-order valence-corrected chi connectivity index (χ0v) is 18.7. The molecule has 0 spiro atoms. The minimum absolute atomic E-state index is 0.121. The Morgan fingerprint density at radius 2 is 1.30 bits per heavy atom. The molecule has 1 aliphatic heterocycles. The van der Waals surface area contributed by atoms with Crippen LogP contribution in [0.4, 0.5) is 0 Å². The Bertz CT molecular complexity index is 1180. The van der Waals surface area contributed by atoms with Crippen molar-refractivity contribution in [2.24, 2.45) is 0 Å². The molecular weight excluding hydrogens is 408 g/mol. The largest absolute Gasteiger partial charge is 0.336 e. The van der Waals surface area contributed by atoms with E-state index in [0.29, 0.717) is 0 Å². The van der Waals surface area contributed by atoms with Crippen LogP contribution in [0.25, 0.3) is 22.5 Å². The van der Waals surface area contributed by atoms with Crippen LogP contribution in [0, 0.1) is 0 Å². The fourth-order valence-electron chi connectivity index (χ4n) is 4.38. The second-order valence-electron chi connectivity index (χ2n) is 8.39. The number of piperazine rings is 1. The van der Waals surface area contributed by atoms with E-state index in [1.807, 2.05) is 78.0 Å². The van der Waals surface area contributed by atoms with Crippen LogP contribution in [-0.2, 0) is 6.54 Å². The smallest absolute Gasteiger partial charge is 0.253 e. The first-order valence-corrected chi connectivity index (χ1v) is 11.5. The number of carbonyl (C=O) groups excluding carboxylic acids is 1. The van der Waals surface area contributed by atoms with Gasteiger partial charge in [-0.1, -0.05) is 72.8 Å². The van der Waals surface area contributed by atoms with Gasteiger partial charge in [0.1, 0.15) is 5.82 Å². The zero-order chi connectivity index (χ0) is 22.5. The fourth-order valence-corrected chi connectivity index (χ4v) is 4.38. The molecule has 5 rings (SSSR count). The van der Waals surface area contributed by atoms with Crippen LogP contribution in [-0.4, -0.2) is 58.0 Å². The Morgan fingerprint density at radius 3 is 1.97 bits per heavy atom. The number of aromatic nitrogens is 2. The number of imidazole rings is 1. The Balaban J connectivity index is 1.14. The molecule has 0 N–H and O–H groups in total. The third-order valence-electron chi connectivity index (χ3n) is 6.30. The van der Waals surface area contributed by atoms with E-state index < -0.39 is 0 Å². The molecule has 1 amide bonds. The Hall–Kier alpha value is -3.70. The molecular formula is C28H28N4O. The molecule has 4 aromatic rings. The number of amides is 1. The van der Waals surface area contributed by atoms with Gasteiger partial charge in [0.15, 0.2) is 0 Å². The van der Waals surface area contributed by atoms with Gasteiger partial charge in [-0.05, 0) is 23.3 Å². The first kappa shape index (κ1) is 21.2. The SMILES string of the molecule is O=C(c1ccc(-c2ccccc2)cc1)N1CCN(CCn2ccnc2-c2ccccc2)CC1. The maximum Gasteiger partial charge on any atom is 0.253 e. The monoisotopic (exact) mass is 436 g/mol. The highest BCUT2D eigenvalue weighted by atomic mass is 16.2. The summed E-state index contributed by atoms with van der Waals surface area (Å²) in [5.41, 5.74) is 4.19. The fraction of sp³-hybridized carbons (Fsp3) is 0.214. The number of rotatable bonds is 6. The molecule has 33 heavy (non-hydrogen) atoms. The summed E-state index contributed by atoms with van der Waals surface area (Å²) in [6.07, 6.45) is 3.91. The summed E-state index contributed by atoms with van der Waals surface area (Å²) >= 11 is 0. The van der Waals surface area contributed by atoms with E-state index >= 15 is 0 Å². The van der Waals surface area contributed by atoms with Crippen molar-refractivity contribution in [2.75, 3.05) is 32.7 Å². The average Bonchev–Trinajstić information content (AvgIpc) is 3.37. The van der Waals surface area contributed by atoms with Gasteiger partial charge in [-0.3, -0.25) is 9.69 Å². The van der Waals surface area contributed by atoms with E-state index in [0.717, 1.165) is 61.8 Å². The lowest BCUT2D eigenvalue weighted by atomic mass is 10.0. The Labute approximate surface area is 194 Å². The van der Waals surface area contributed by atoms with Gasteiger partial charge < -0.3 is 9.47 Å². The van der Waals surface area contributed by atoms with Gasteiger partial charge in [-0.2, -0.15) is 0 Å². The van der Waals surface area contributed by atoms with Crippen molar-refractivity contribution < 1.29 is 4.79 Å². The molecule has 0 saturated carbocycles. The number of carbonyl (C=O) groups is 1. The maximum absolute atomic E-state index is 13.0. The maximum atomic E-state index is 13.0. The quantitative estimate of drug-likeness (QED) is 0.441. The Morgan fingerprint density at radius 1 is 0.697 bits per heavy atom. The van der Waals surface area contributed by atoms with Crippen LogP contribution in [0.15, 0.2) is 97.3 Å². The van der Waals surface area contributed by atoms with E-state index in [1.165, 1.54) is 5.56 Å². The van der Waals surface area contributed by atoms with Gasteiger partial charge in [0, 0.05) is 62.8 Å². The van der Waals surface area contributed by atoms with E-state index in [2.05, 4.69) is 38.7 Å². The number of benzene rings is 3. The van der Waals surface area contributed by atoms with Crippen molar-refractivity contribution in [3.8, 4) is 22.5 Å². The zero-order valence-electron chi connectivity index (χ0n) is 18.7. The molecule has 5 nitrogen and oxygen atoms in total. The first-order valence-electron chi connectivity index (χ1n) is 11.5. The van der Waals surface area contributed by atoms with Crippen molar-refractivity contribution >= 4 is 5.91 Å². The lowest BCUT2D eigenvalue weighted by Crippen LogP contribution is -2.49. The predicted molar refractivity (Wildman–Crippen MR) is 132 cm³/mol. The minimum atomic E-state index is 0.121. The van der Waals surface area contributed by atoms with E-state index in [1.54, 1.807) is 0 Å². The Kier molecular flexibility index (Phi) is 6.31. The molecule has 1 aromatic heterocycles. The highest BCUT2D eigenvalue weighted by molar-refractivity contribution is 5.94. The van der Waals surface area contributed by atoms with Crippen LogP contribution < -0.4 is 0 Å². The van der Waals surface area contributed by atoms with Gasteiger partial charge in [-0.15, -0.1) is 0 Å². The van der Waals surface area contributed by atoms with E-state index in [-0.39, 0.29) is 5.91 Å². The highest BCUT2D eigenvalue weighted by Crippen LogP contribution is 2.20. The number of nitrogens with zero attached hydrogens (tertiary/aromatic N) is 4. The second-order valence-corrected chi connectivity index (χ2v) is 8.39. The van der Waals surface area contributed by atoms with Crippen LogP contribution in [0.5, 0.6) is 0 Å². The highest BCUT2D eigenvalue weighted by Gasteiger charge is 2.22. The molecule has 2 heterocycles. The van der Waals surface area contributed by atoms with Gasteiger partial charge in [-0.25, -0.2) is 4.98 Å². The summed E-state index contributed by atoms with van der Waals surface area (Å²) in [6.45, 7) is 5.14. The number of hydrogen-bond acceptors (Lipinski definition) is 3. The van der Waals surface area contributed by atoms with Gasteiger partial charge in [0.05, 0.1) is 0 Å². The van der Waals surface area contributed by atoms with Crippen molar-refractivity contribution in [3.63, 3.8) is 0 Å². The summed E-state index contributed by atoms with van der Waals surface area (Å²) in [6, 6.07) is 28.5. The molecule has 0 aliphatic carbocycles. The molecule has 1 fully saturated rings. The van der Waals surface area contributed by atoms with E-state index in [4.69, 9.17) is 0 Å². The minimum Gasteiger partial charge on any atom is -0.336 e. The lowest BCUT2D eigenvalue weighted by Gasteiger charge is -2.35. The molecule has 0 radical (unpaired) electrons. The summed E-state index contributed by atoms with van der Waals surface area (Å²) in [5, 5.41) is 0. The van der Waals surface area contributed by atoms with Crippen molar-refractivity contribution in [1.82, 2.24) is 19.4 Å². The molecule has 0 atom stereocenters. The molecule has 3 aromatic carbocycles. The summed E-state index contributed by atoms with van der Waals surface area (Å²) in [7, 11) is 0. The van der Waals surface area contributed by atoms with Crippen LogP contribution in [0.3, 0.4) is 0 Å². The van der Waals surface area contributed by atoms with Crippen LogP contribution >= 0.6 is 0 Å². The molecule has 1 saturated heterocycles. The average molecular weight is 437 g/mol. The predicted octanol–water partition coefficient (Wildman–Crippen LogP) is 4.68. The molecule has 0 bridgehead atoms. The van der Waals surface area contributed by atoms with Crippen LogP contribution in [0.1, 0.15) is 10.4 Å². The van der Waals surface area contributed by atoms with Crippen LogP contribution in [0.2, 0.25) is 0 Å². The number of hydrogen-bond donors (Lipinski definition) is 0. The second kappa shape index (κ2) is 9.84. The third kappa shape index (κ3) is 4.89. The lowest BCUT2D eigenvalue weighted by molar-refractivity contribution is 0.0633. The summed E-state index contributed by atoms with van der Waals surface area (Å²) in [5.74, 6) is 1.12. The standard InChI is InChI=1S/C28H28N4O/c33-28(26-13-11-24(12-14-26)23-7-3-1-4-8-23)32-21-18-30(19-22-32)17-20-31-16-15-29-27(31)25-9-5-2-6-10-25/h1-16H,17-22H2. The third-order valence-corrected chi connectivity index (χ3v) is 6.30. The topological polar surface area (TPSA) is 41.4 Å². The molecule has 1 aliphatic rings. The summed E-state index contributed by atoms with van der Waals surface area (Å²) in [4.78, 5) is 21.9. The van der Waals surface area contributed by atoms with E-state index in [9.17, 15) is 4.79 Å². The molecule has 5 heteroatoms. The summed E-state index contributed by atoms with van der Waals surface area (Å²) < 4.78 is 2.21. The van der Waals surface area contributed by atoms with Gasteiger partial charge in [0.25, 0.3) is 5.91 Å². The first-order chi connectivity index (χ1) is 16.3. The van der Waals surface area contributed by atoms with Gasteiger partial charge >= 0.3 is 0 Å². The normalized spacial score (nSPS) is 14.4. The van der Waals surface area contributed by atoms with Gasteiger partial charge in [0.2, 0.25) is 0 Å². The van der Waals surface area contributed by atoms with Crippen molar-refractivity contribution in [1.29, 1.82) is 0 Å². The molecule has 0 unspecified atom stereocenters. The van der Waals surface area contributed by atoms with Crippen molar-refractivity contribution in [2.45, 2.75) is 6.54 Å².